The van der Waals surface area contributed by atoms with Crippen molar-refractivity contribution in [2.45, 2.75) is 37.2 Å². The molecule has 102 valence electrons. The molecule has 0 saturated heterocycles. The highest BCUT2D eigenvalue weighted by Gasteiger charge is 2.22. The van der Waals surface area contributed by atoms with Crippen LogP contribution in [-0.4, -0.2) is 22.8 Å². The lowest BCUT2D eigenvalue weighted by molar-refractivity contribution is -0.142. The standard InChI is InChI=1S/C14H17NO3S/c1-3-7-12(13(16)17-4-2)19-14-15-10-8-5-6-9-11(10)18-14/h5-6,8-9,12H,3-4,7H2,1-2H3. The molecule has 1 aromatic heterocycles. The molecule has 0 aliphatic rings. The number of esters is 1. The zero-order chi connectivity index (χ0) is 13.7. The first-order valence-corrected chi connectivity index (χ1v) is 7.31. The summed E-state index contributed by atoms with van der Waals surface area (Å²) in [5, 5.41) is 0.269. The van der Waals surface area contributed by atoms with Gasteiger partial charge in [0.05, 0.1) is 6.61 Å². The third kappa shape index (κ3) is 3.50. The first kappa shape index (κ1) is 13.9. The SMILES string of the molecule is CCCC(Sc1nc2ccccc2o1)C(=O)OCC. The van der Waals surface area contributed by atoms with E-state index in [2.05, 4.69) is 4.98 Å². The van der Waals surface area contributed by atoms with Crippen molar-refractivity contribution >= 4 is 28.8 Å². The highest BCUT2D eigenvalue weighted by Crippen LogP contribution is 2.29. The van der Waals surface area contributed by atoms with E-state index < -0.39 is 0 Å². The van der Waals surface area contributed by atoms with Gasteiger partial charge in [-0.1, -0.05) is 37.2 Å². The first-order valence-electron chi connectivity index (χ1n) is 6.43. The Balaban J connectivity index is 2.13. The van der Waals surface area contributed by atoms with E-state index in [4.69, 9.17) is 9.15 Å². The molecular formula is C14H17NO3S. The normalized spacial score (nSPS) is 12.5. The summed E-state index contributed by atoms with van der Waals surface area (Å²) in [7, 11) is 0. The predicted molar refractivity (Wildman–Crippen MR) is 75.2 cm³/mol. The Hall–Kier alpha value is -1.49. The van der Waals surface area contributed by atoms with Gasteiger partial charge in [-0.25, -0.2) is 4.98 Å². The van der Waals surface area contributed by atoms with Gasteiger partial charge in [0.15, 0.2) is 5.58 Å². The molecule has 0 spiro atoms. The van der Waals surface area contributed by atoms with Gasteiger partial charge in [-0.05, 0) is 25.5 Å². The Morgan fingerprint density at radius 2 is 2.21 bits per heavy atom. The average molecular weight is 279 g/mol. The van der Waals surface area contributed by atoms with Gasteiger partial charge in [-0.2, -0.15) is 0 Å². The molecule has 0 fully saturated rings. The second-order valence-corrected chi connectivity index (χ2v) is 5.25. The summed E-state index contributed by atoms with van der Waals surface area (Å²) in [4.78, 5) is 16.2. The summed E-state index contributed by atoms with van der Waals surface area (Å²) in [5.74, 6) is -0.198. The summed E-state index contributed by atoms with van der Waals surface area (Å²) in [5.41, 5.74) is 1.55. The number of nitrogens with zero attached hydrogens (tertiary/aromatic N) is 1. The third-order valence-corrected chi connectivity index (χ3v) is 3.71. The van der Waals surface area contributed by atoms with Crippen LogP contribution >= 0.6 is 11.8 Å². The van der Waals surface area contributed by atoms with E-state index >= 15 is 0 Å². The fourth-order valence-electron chi connectivity index (χ4n) is 1.75. The second-order valence-electron chi connectivity index (χ2n) is 4.09. The lowest BCUT2D eigenvalue weighted by atomic mass is 10.2. The van der Waals surface area contributed by atoms with E-state index in [-0.39, 0.29) is 11.2 Å². The fraction of sp³-hybridized carbons (Fsp3) is 0.429. The molecule has 4 nitrogen and oxygen atoms in total. The van der Waals surface area contributed by atoms with Gasteiger partial charge in [0.2, 0.25) is 0 Å². The maximum Gasteiger partial charge on any atom is 0.319 e. The summed E-state index contributed by atoms with van der Waals surface area (Å²) in [6.45, 7) is 4.25. The van der Waals surface area contributed by atoms with Crippen molar-refractivity contribution in [1.82, 2.24) is 4.98 Å². The average Bonchev–Trinajstić information content (AvgIpc) is 2.80. The topological polar surface area (TPSA) is 52.3 Å². The number of aromatic nitrogens is 1. The van der Waals surface area contributed by atoms with E-state index in [1.807, 2.05) is 38.1 Å². The Kier molecular flexibility index (Phi) is 4.85. The van der Waals surface area contributed by atoms with Crippen molar-refractivity contribution in [3.05, 3.63) is 24.3 Å². The van der Waals surface area contributed by atoms with E-state index in [0.29, 0.717) is 11.8 Å². The molecule has 2 aromatic rings. The highest BCUT2D eigenvalue weighted by atomic mass is 32.2. The number of benzene rings is 1. The van der Waals surface area contributed by atoms with Crippen LogP contribution in [0.25, 0.3) is 11.1 Å². The number of ether oxygens (including phenoxy) is 1. The largest absolute Gasteiger partial charge is 0.465 e. The van der Waals surface area contributed by atoms with Crippen LogP contribution in [0.15, 0.2) is 33.9 Å². The Morgan fingerprint density at radius 1 is 1.42 bits per heavy atom. The van der Waals surface area contributed by atoms with E-state index in [1.54, 1.807) is 0 Å². The minimum Gasteiger partial charge on any atom is -0.465 e. The van der Waals surface area contributed by atoms with E-state index in [1.165, 1.54) is 11.8 Å². The second kappa shape index (κ2) is 6.61. The maximum absolute atomic E-state index is 11.8. The number of carbonyl (C=O) groups excluding carboxylic acids is 1. The van der Waals surface area contributed by atoms with Crippen LogP contribution in [0.3, 0.4) is 0 Å². The monoisotopic (exact) mass is 279 g/mol. The molecular weight excluding hydrogens is 262 g/mol. The molecule has 1 atom stereocenters. The Bertz CT molecular complexity index is 519. The van der Waals surface area contributed by atoms with E-state index in [9.17, 15) is 4.79 Å². The highest BCUT2D eigenvalue weighted by molar-refractivity contribution is 8.00. The number of rotatable bonds is 6. The van der Waals surface area contributed by atoms with E-state index in [0.717, 1.165) is 23.9 Å². The van der Waals surface area contributed by atoms with Crippen LogP contribution < -0.4 is 0 Å². The number of hydrogen-bond donors (Lipinski definition) is 0. The molecule has 1 aromatic carbocycles. The van der Waals surface area contributed by atoms with Crippen LogP contribution in [0.4, 0.5) is 0 Å². The van der Waals surface area contributed by atoms with Crippen molar-refractivity contribution in [2.75, 3.05) is 6.61 Å². The molecule has 0 radical (unpaired) electrons. The first-order chi connectivity index (χ1) is 9.24. The molecule has 2 rings (SSSR count). The fourth-order valence-corrected chi connectivity index (χ4v) is 2.80. The maximum atomic E-state index is 11.8. The lowest BCUT2D eigenvalue weighted by Gasteiger charge is -2.11. The van der Waals surface area contributed by atoms with Crippen LogP contribution in [0, 0.1) is 0 Å². The quantitative estimate of drug-likeness (QED) is 0.596. The Labute approximate surface area is 116 Å². The van der Waals surface area contributed by atoms with Gasteiger partial charge in [0.25, 0.3) is 5.22 Å². The molecule has 5 heteroatoms. The van der Waals surface area contributed by atoms with Gasteiger partial charge in [-0.3, -0.25) is 4.79 Å². The van der Waals surface area contributed by atoms with Crippen molar-refractivity contribution in [1.29, 1.82) is 0 Å². The number of thioether (sulfide) groups is 1. The minimum absolute atomic E-state index is 0.198. The molecule has 0 bridgehead atoms. The van der Waals surface area contributed by atoms with Crippen LogP contribution in [-0.2, 0) is 9.53 Å². The minimum atomic E-state index is -0.252. The third-order valence-electron chi connectivity index (χ3n) is 2.62. The van der Waals surface area contributed by atoms with Crippen molar-refractivity contribution in [2.24, 2.45) is 0 Å². The number of hydrogen-bond acceptors (Lipinski definition) is 5. The molecule has 19 heavy (non-hydrogen) atoms. The number of fused-ring (bicyclic) bond motifs is 1. The molecule has 0 amide bonds. The van der Waals surface area contributed by atoms with Gasteiger partial charge in [0, 0.05) is 0 Å². The zero-order valence-corrected chi connectivity index (χ0v) is 11.9. The predicted octanol–water partition coefficient (Wildman–Crippen LogP) is 3.65. The Morgan fingerprint density at radius 3 is 2.89 bits per heavy atom. The van der Waals surface area contributed by atoms with Crippen LogP contribution in [0.2, 0.25) is 0 Å². The number of oxazole rings is 1. The van der Waals surface area contributed by atoms with Crippen molar-refractivity contribution < 1.29 is 13.9 Å². The summed E-state index contributed by atoms with van der Waals surface area (Å²) in [6, 6.07) is 7.57. The summed E-state index contributed by atoms with van der Waals surface area (Å²) >= 11 is 1.33. The number of carbonyl (C=O) groups is 1. The van der Waals surface area contributed by atoms with Crippen molar-refractivity contribution in [3.8, 4) is 0 Å². The molecule has 1 heterocycles. The van der Waals surface area contributed by atoms with Gasteiger partial charge in [-0.15, -0.1) is 0 Å². The molecule has 0 saturated carbocycles. The summed E-state index contributed by atoms with van der Waals surface area (Å²) < 4.78 is 10.7. The van der Waals surface area contributed by atoms with Gasteiger partial charge in [0.1, 0.15) is 10.8 Å². The molecule has 0 aliphatic carbocycles. The summed E-state index contributed by atoms with van der Waals surface area (Å²) in [6.07, 6.45) is 1.67. The molecule has 0 N–H and O–H groups in total. The smallest absolute Gasteiger partial charge is 0.319 e. The van der Waals surface area contributed by atoms with Crippen molar-refractivity contribution in [3.63, 3.8) is 0 Å². The number of para-hydroxylation sites is 2. The molecule has 0 aliphatic heterocycles. The van der Waals surface area contributed by atoms with Gasteiger partial charge < -0.3 is 9.15 Å². The zero-order valence-electron chi connectivity index (χ0n) is 11.1. The van der Waals surface area contributed by atoms with Crippen LogP contribution in [0.5, 0.6) is 0 Å². The van der Waals surface area contributed by atoms with Gasteiger partial charge >= 0.3 is 5.97 Å². The van der Waals surface area contributed by atoms with Crippen LogP contribution in [0.1, 0.15) is 26.7 Å². The lowest BCUT2D eigenvalue weighted by Crippen LogP contribution is -2.20. The molecule has 1 unspecified atom stereocenters.